The van der Waals surface area contributed by atoms with Gasteiger partial charge in [-0.1, -0.05) is 183 Å². The molecule has 2 unspecified atom stereocenters. The van der Waals surface area contributed by atoms with Crippen LogP contribution in [0.4, 0.5) is 0 Å². The maximum absolute atomic E-state index is 9.82. The average Bonchev–Trinajstić information content (AvgIpc) is 2.34. The second kappa shape index (κ2) is 34.1. The Balaban J connectivity index is 0.000000144. The summed E-state index contributed by atoms with van der Waals surface area (Å²) >= 11 is 5.48. The highest BCUT2D eigenvalue weighted by Crippen LogP contribution is 2.33. The molecule has 0 saturated heterocycles. The van der Waals surface area contributed by atoms with Gasteiger partial charge in [0, 0.05) is 52.5 Å². The smallest absolute Gasteiger partial charge is 0.133 e. The van der Waals surface area contributed by atoms with E-state index in [2.05, 4.69) is 187 Å². The van der Waals surface area contributed by atoms with Gasteiger partial charge < -0.3 is 10.2 Å². The summed E-state index contributed by atoms with van der Waals surface area (Å²) in [6, 6.07) is 74.4. The van der Waals surface area contributed by atoms with Crippen molar-refractivity contribution in [3.63, 3.8) is 0 Å². The number of rotatable bonds is 23. The van der Waals surface area contributed by atoms with Gasteiger partial charge in [-0.15, -0.1) is 34.0 Å². The first kappa shape index (κ1) is 67.0. The maximum atomic E-state index is 9.82. The molecule has 0 spiro atoms. The van der Waals surface area contributed by atoms with Crippen LogP contribution in [0.2, 0.25) is 0 Å². The van der Waals surface area contributed by atoms with Crippen LogP contribution in [-0.4, -0.2) is 40.1 Å². The molecular formula is C83H86N6O2S3. The first-order valence-corrected chi connectivity index (χ1v) is 35.9. The molecule has 1 fully saturated rings. The van der Waals surface area contributed by atoms with Gasteiger partial charge in [0.05, 0.1) is 43.9 Å². The van der Waals surface area contributed by atoms with Crippen LogP contribution < -0.4 is 0 Å². The minimum Gasteiger partial charge on any atom is -0.389 e. The van der Waals surface area contributed by atoms with Crippen LogP contribution in [-0.2, 0) is 64.2 Å². The zero-order valence-electron chi connectivity index (χ0n) is 54.7. The lowest BCUT2D eigenvalue weighted by molar-refractivity contribution is 0.199. The lowest BCUT2D eigenvalue weighted by atomic mass is 9.80. The van der Waals surface area contributed by atoms with Gasteiger partial charge in [-0.05, 0) is 201 Å². The molecule has 11 heteroatoms. The van der Waals surface area contributed by atoms with Crippen molar-refractivity contribution in [2.45, 2.75) is 136 Å². The largest absolute Gasteiger partial charge is 0.389 e. The molecule has 6 heterocycles. The van der Waals surface area contributed by atoms with Crippen molar-refractivity contribution in [1.29, 1.82) is 0 Å². The van der Waals surface area contributed by atoms with E-state index in [1.54, 1.807) is 25.2 Å². The summed E-state index contributed by atoms with van der Waals surface area (Å²) < 4.78 is 0. The molecule has 2 N–H and O–H groups in total. The minimum atomic E-state index is -0.470. The van der Waals surface area contributed by atoms with Crippen molar-refractivity contribution >= 4 is 34.0 Å². The van der Waals surface area contributed by atoms with Crippen LogP contribution in [0.5, 0.6) is 0 Å². The number of nitrogens with zero attached hydrogens (tertiary/aromatic N) is 6. The topological polar surface area (TPSA) is 118 Å². The van der Waals surface area contributed by atoms with Gasteiger partial charge >= 0.3 is 0 Å². The van der Waals surface area contributed by atoms with Crippen molar-refractivity contribution in [1.82, 2.24) is 29.9 Å². The first-order chi connectivity index (χ1) is 45.9. The van der Waals surface area contributed by atoms with E-state index in [-0.39, 0.29) is 0 Å². The summed E-state index contributed by atoms with van der Waals surface area (Å²) in [6.07, 6.45) is 21.1. The number of thiophene rings is 3. The monoisotopic (exact) mass is 1290 g/mol. The zero-order chi connectivity index (χ0) is 64.9. The molecule has 2 atom stereocenters. The Labute approximate surface area is 568 Å². The summed E-state index contributed by atoms with van der Waals surface area (Å²) in [5, 5.41) is 19.6. The molecule has 0 bridgehead atoms. The molecule has 6 aromatic heterocycles. The molecule has 1 aliphatic rings. The Morgan fingerprint density at radius 3 is 1.22 bits per heavy atom. The lowest BCUT2D eigenvalue weighted by Crippen LogP contribution is -2.14. The second-order valence-electron chi connectivity index (χ2n) is 25.2. The van der Waals surface area contributed by atoms with E-state index in [0.29, 0.717) is 12.8 Å². The fourth-order valence-electron chi connectivity index (χ4n) is 12.1. The van der Waals surface area contributed by atoms with E-state index < -0.39 is 12.2 Å². The highest BCUT2D eigenvalue weighted by Gasteiger charge is 2.19. The number of aliphatic hydroxyl groups is 2. The van der Waals surface area contributed by atoms with E-state index >= 15 is 0 Å². The third-order valence-electron chi connectivity index (χ3n) is 17.5. The van der Waals surface area contributed by atoms with E-state index in [1.165, 1.54) is 94.7 Å². The molecule has 94 heavy (non-hydrogen) atoms. The molecule has 1 aliphatic carbocycles. The number of aryl methyl sites for hydroxylation is 7. The summed E-state index contributed by atoms with van der Waals surface area (Å²) in [6.45, 7) is 8.09. The molecule has 13 rings (SSSR count). The molecule has 0 radical (unpaired) electrons. The van der Waals surface area contributed by atoms with Gasteiger partial charge in [-0.2, -0.15) is 0 Å². The van der Waals surface area contributed by atoms with Gasteiger partial charge in [-0.3, -0.25) is 0 Å². The SMILES string of the molecule is CC(O)c1cccc(Cc2nccc(-c3ccc(CCc4ccccc4)s3)n2)c1.CC1CCC(Cc2cccc(Cc3nccc(-c4ccc(CCc5ccccc5)s4)n3)c2)CC1.Cc1ccc(CCCc2ccc(-c3ccnc(Cc4cccc(C(C)O)c4)n3)s2)cc1. The minimum absolute atomic E-state index is 0.470. The van der Waals surface area contributed by atoms with Crippen molar-refractivity contribution in [2.24, 2.45) is 11.8 Å². The maximum Gasteiger partial charge on any atom is 0.133 e. The van der Waals surface area contributed by atoms with Crippen LogP contribution >= 0.6 is 34.0 Å². The van der Waals surface area contributed by atoms with Crippen LogP contribution in [0.15, 0.2) is 231 Å². The highest BCUT2D eigenvalue weighted by molar-refractivity contribution is 7.16. The number of hydrogen-bond acceptors (Lipinski definition) is 11. The summed E-state index contributed by atoms with van der Waals surface area (Å²) in [5.41, 5.74) is 15.3. The van der Waals surface area contributed by atoms with Crippen LogP contribution in [0.3, 0.4) is 0 Å². The number of aromatic nitrogens is 6. The standard InChI is InChI=1S/C31H34N2S.C27H28N2OS.C25H24N2OS/c1-23-10-12-25(13-11-23)20-26-8-5-9-27(21-26)22-31-32-19-18-29(33-31)30-17-16-28(34-30)15-14-24-6-3-2-4-7-24;1-19-9-11-21(12-10-19)5-4-8-24-13-14-26(31-24)25-15-16-28-27(29-25)18-22-6-3-7-23(17-22)20(2)30;1-18(28)21-9-5-8-20(16-21)17-25-26-15-14-23(27-25)24-13-12-22(29-24)11-10-19-6-3-2-4-7-19/h2-9,16-19,21,23,25H,10-15,20,22H2,1H3;3,6-7,9-17,20,30H,4-5,8,18H2,1-2H3;2-9,12-16,18,28H,10-11,17H2,1H3. The number of aliphatic hydroxyl groups excluding tert-OH is 2. The zero-order valence-corrected chi connectivity index (χ0v) is 57.1. The van der Waals surface area contributed by atoms with Gasteiger partial charge in [0.25, 0.3) is 0 Å². The van der Waals surface area contributed by atoms with Crippen molar-refractivity contribution in [2.75, 3.05) is 0 Å². The fraction of sp³-hybridized carbons (Fsp3) is 0.277. The van der Waals surface area contributed by atoms with Gasteiger partial charge in [-0.25, -0.2) is 29.9 Å². The van der Waals surface area contributed by atoms with Crippen LogP contribution in [0, 0.1) is 18.8 Å². The average molecular weight is 1300 g/mol. The Morgan fingerprint density at radius 2 is 0.777 bits per heavy atom. The van der Waals surface area contributed by atoms with Crippen LogP contribution in [0.1, 0.15) is 153 Å². The predicted molar refractivity (Wildman–Crippen MR) is 391 cm³/mol. The third-order valence-corrected chi connectivity index (χ3v) is 21.0. The van der Waals surface area contributed by atoms with Gasteiger partial charge in [0.1, 0.15) is 17.5 Å². The third kappa shape index (κ3) is 20.5. The molecular weight excluding hydrogens is 1210 g/mol. The molecule has 0 amide bonds. The molecule has 12 aromatic rings. The Morgan fingerprint density at radius 1 is 0.383 bits per heavy atom. The fourth-order valence-corrected chi connectivity index (χ4v) is 15.0. The quantitative estimate of drug-likeness (QED) is 0.0650. The molecule has 0 aliphatic heterocycles. The highest BCUT2D eigenvalue weighted by atomic mass is 32.1. The van der Waals surface area contributed by atoms with E-state index in [0.717, 1.165) is 120 Å². The molecule has 8 nitrogen and oxygen atoms in total. The first-order valence-electron chi connectivity index (χ1n) is 33.4. The predicted octanol–water partition coefficient (Wildman–Crippen LogP) is 19.9. The van der Waals surface area contributed by atoms with Crippen molar-refractivity contribution in [3.8, 4) is 31.7 Å². The van der Waals surface area contributed by atoms with Crippen molar-refractivity contribution in [3.05, 3.63) is 319 Å². The van der Waals surface area contributed by atoms with Gasteiger partial charge in [0.2, 0.25) is 0 Å². The molecule has 1 saturated carbocycles. The van der Waals surface area contributed by atoms with E-state index in [1.807, 2.05) is 95.9 Å². The summed E-state index contributed by atoms with van der Waals surface area (Å²) in [5.74, 6) is 4.26. The summed E-state index contributed by atoms with van der Waals surface area (Å²) in [4.78, 5) is 35.8. The molecule has 6 aromatic carbocycles. The van der Waals surface area contributed by atoms with Crippen LogP contribution in [0.25, 0.3) is 31.7 Å². The Hall–Kier alpha value is -8.42. The summed E-state index contributed by atoms with van der Waals surface area (Å²) in [7, 11) is 0. The van der Waals surface area contributed by atoms with E-state index in [9.17, 15) is 10.2 Å². The molecule has 478 valence electrons. The lowest BCUT2D eigenvalue weighted by Gasteiger charge is -2.26. The number of hydrogen-bond donors (Lipinski definition) is 2. The number of benzene rings is 6. The van der Waals surface area contributed by atoms with Gasteiger partial charge in [0.15, 0.2) is 0 Å². The second-order valence-corrected chi connectivity index (χ2v) is 28.7. The normalized spacial score (nSPS) is 14.3. The van der Waals surface area contributed by atoms with Crippen molar-refractivity contribution < 1.29 is 10.2 Å². The Kier molecular flexibility index (Phi) is 24.3. The Bertz CT molecular complexity index is 4260. The van der Waals surface area contributed by atoms with E-state index in [4.69, 9.17) is 15.0 Å².